The van der Waals surface area contributed by atoms with Gasteiger partial charge in [0, 0.05) is 43.3 Å². The fourth-order valence-corrected chi connectivity index (χ4v) is 7.22. The summed E-state index contributed by atoms with van der Waals surface area (Å²) in [5.41, 5.74) is 10.2. The summed E-state index contributed by atoms with van der Waals surface area (Å²) >= 11 is 1.64. The SMILES string of the molecule is COc1cc(C(=O)NNC(=O)c2ccccc2-c2sc3cc(C)ccc3c2-c2ccccc2)ccc1C(=O)NC1CCN(C)CC1. The molecule has 4 aromatic carbocycles. The number of carbonyl (C=O) groups is 3. The van der Waals surface area contributed by atoms with Crippen molar-refractivity contribution in [2.45, 2.75) is 25.8 Å². The highest BCUT2D eigenvalue weighted by Gasteiger charge is 2.23. The highest BCUT2D eigenvalue weighted by Crippen LogP contribution is 2.45. The van der Waals surface area contributed by atoms with Crippen molar-refractivity contribution in [3.05, 3.63) is 113 Å². The number of likely N-dealkylation sites (tertiary alicyclic amines) is 1. The molecule has 6 rings (SSSR count). The Morgan fingerprint density at radius 3 is 2.28 bits per heavy atom. The summed E-state index contributed by atoms with van der Waals surface area (Å²) in [5, 5.41) is 4.20. The van der Waals surface area contributed by atoms with E-state index in [4.69, 9.17) is 4.74 Å². The fraction of sp³-hybridized carbons (Fsp3) is 0.216. The van der Waals surface area contributed by atoms with E-state index in [9.17, 15) is 14.4 Å². The zero-order chi connectivity index (χ0) is 32.2. The third-order valence-corrected chi connectivity index (χ3v) is 9.56. The topological polar surface area (TPSA) is 99.8 Å². The number of nitrogens with one attached hydrogen (secondary N) is 3. The number of benzene rings is 4. The van der Waals surface area contributed by atoms with Crippen molar-refractivity contribution in [3.63, 3.8) is 0 Å². The Morgan fingerprint density at radius 1 is 0.804 bits per heavy atom. The molecule has 1 aromatic heterocycles. The molecule has 0 spiro atoms. The van der Waals surface area contributed by atoms with Gasteiger partial charge >= 0.3 is 0 Å². The van der Waals surface area contributed by atoms with E-state index in [0.717, 1.165) is 63.1 Å². The first kappa shape index (κ1) is 31.0. The largest absolute Gasteiger partial charge is 0.496 e. The molecule has 1 saturated heterocycles. The zero-order valence-electron chi connectivity index (χ0n) is 26.1. The molecule has 46 heavy (non-hydrogen) atoms. The van der Waals surface area contributed by atoms with Gasteiger partial charge in [0.05, 0.1) is 12.7 Å². The van der Waals surface area contributed by atoms with Crippen LogP contribution in [0.2, 0.25) is 0 Å². The molecule has 8 nitrogen and oxygen atoms in total. The van der Waals surface area contributed by atoms with Gasteiger partial charge in [0.2, 0.25) is 0 Å². The van der Waals surface area contributed by atoms with Crippen LogP contribution in [0.3, 0.4) is 0 Å². The second-order valence-electron chi connectivity index (χ2n) is 11.6. The molecule has 0 unspecified atom stereocenters. The smallest absolute Gasteiger partial charge is 0.270 e. The third kappa shape index (κ3) is 6.51. The molecule has 1 aliphatic rings. The maximum absolute atomic E-state index is 13.6. The number of nitrogens with zero attached hydrogens (tertiary/aromatic N) is 1. The molecule has 5 aromatic rings. The van der Waals surface area contributed by atoms with Crippen molar-refractivity contribution in [2.75, 3.05) is 27.2 Å². The number of rotatable bonds is 7. The summed E-state index contributed by atoms with van der Waals surface area (Å²) in [5.74, 6) is -0.941. The van der Waals surface area contributed by atoms with E-state index < -0.39 is 11.8 Å². The number of methoxy groups -OCH3 is 1. The van der Waals surface area contributed by atoms with Crippen LogP contribution < -0.4 is 20.9 Å². The molecule has 234 valence electrons. The van der Waals surface area contributed by atoms with Crippen molar-refractivity contribution in [2.24, 2.45) is 0 Å². The molecule has 0 saturated carbocycles. The van der Waals surface area contributed by atoms with Crippen LogP contribution in [0.5, 0.6) is 5.75 Å². The Bertz CT molecular complexity index is 1910. The summed E-state index contributed by atoms with van der Waals surface area (Å²) in [7, 11) is 3.53. The molecule has 3 amide bonds. The van der Waals surface area contributed by atoms with Gasteiger partial charge in [-0.25, -0.2) is 0 Å². The van der Waals surface area contributed by atoms with Gasteiger partial charge in [-0.15, -0.1) is 11.3 Å². The minimum absolute atomic E-state index is 0.0925. The summed E-state index contributed by atoms with van der Waals surface area (Å²) in [4.78, 5) is 42.9. The molecular formula is C37H36N4O4S. The second kappa shape index (κ2) is 13.6. The lowest BCUT2D eigenvalue weighted by atomic mass is 9.96. The van der Waals surface area contributed by atoms with Crippen LogP contribution in [0, 0.1) is 6.92 Å². The first-order chi connectivity index (χ1) is 22.3. The summed E-state index contributed by atoms with van der Waals surface area (Å²) in [6.07, 6.45) is 1.76. The summed E-state index contributed by atoms with van der Waals surface area (Å²) in [6, 6.07) is 28.7. The van der Waals surface area contributed by atoms with Gasteiger partial charge in [0.15, 0.2) is 0 Å². The quantitative estimate of drug-likeness (QED) is 0.179. The number of fused-ring (bicyclic) bond motifs is 1. The molecule has 9 heteroatoms. The Kier molecular flexibility index (Phi) is 9.14. The van der Waals surface area contributed by atoms with Crippen molar-refractivity contribution >= 4 is 39.1 Å². The maximum atomic E-state index is 13.6. The van der Waals surface area contributed by atoms with E-state index in [-0.39, 0.29) is 23.3 Å². The van der Waals surface area contributed by atoms with Crippen molar-refractivity contribution in [1.29, 1.82) is 0 Å². The van der Waals surface area contributed by atoms with Crippen molar-refractivity contribution in [3.8, 4) is 27.3 Å². The number of hydrazine groups is 1. The standard InChI is InChI=1S/C37H36N4O4S/c1-23-13-15-30-32(21-23)46-34(33(30)24-9-5-4-6-10-24)27-11-7-8-12-28(27)37(44)40-39-35(42)25-14-16-29(31(22-25)45-3)36(43)38-26-17-19-41(2)20-18-26/h4-16,21-22,26H,17-20H2,1-3H3,(H,38,43)(H,39,42)(H,40,44). The average Bonchev–Trinajstić information content (AvgIpc) is 3.46. The third-order valence-electron chi connectivity index (χ3n) is 8.38. The van der Waals surface area contributed by atoms with Crippen molar-refractivity contribution < 1.29 is 19.1 Å². The minimum Gasteiger partial charge on any atom is -0.496 e. The molecule has 3 N–H and O–H groups in total. The van der Waals surface area contributed by atoms with Crippen molar-refractivity contribution in [1.82, 2.24) is 21.1 Å². The van der Waals surface area contributed by atoms with E-state index in [2.05, 4.69) is 65.4 Å². The Balaban J connectivity index is 1.21. The predicted molar refractivity (Wildman–Crippen MR) is 183 cm³/mol. The number of aryl methyl sites for hydroxylation is 1. The number of amides is 3. The van der Waals surface area contributed by atoms with E-state index >= 15 is 0 Å². The molecule has 1 aliphatic heterocycles. The van der Waals surface area contributed by atoms with Gasteiger partial charge in [-0.3, -0.25) is 25.2 Å². The number of piperidine rings is 1. The highest BCUT2D eigenvalue weighted by molar-refractivity contribution is 7.23. The van der Waals surface area contributed by atoms with Gasteiger partial charge in [-0.1, -0.05) is 60.7 Å². The normalized spacial score (nSPS) is 13.7. The Morgan fingerprint density at radius 2 is 1.52 bits per heavy atom. The summed E-state index contributed by atoms with van der Waals surface area (Å²) in [6.45, 7) is 3.92. The molecular weight excluding hydrogens is 596 g/mol. The lowest BCUT2D eigenvalue weighted by Crippen LogP contribution is -2.43. The lowest BCUT2D eigenvalue weighted by molar-refractivity contribution is 0.0846. The molecule has 0 radical (unpaired) electrons. The van der Waals surface area contributed by atoms with Crippen LogP contribution in [0.1, 0.15) is 49.5 Å². The van der Waals surface area contributed by atoms with Gasteiger partial charge in [-0.2, -0.15) is 0 Å². The van der Waals surface area contributed by atoms with E-state index in [0.29, 0.717) is 11.1 Å². The molecule has 1 fully saturated rings. The van der Waals surface area contributed by atoms with E-state index in [1.807, 2.05) is 30.3 Å². The molecule has 2 heterocycles. The number of hydrogen-bond donors (Lipinski definition) is 3. The van der Waals surface area contributed by atoms with Crippen LogP contribution in [-0.4, -0.2) is 55.9 Å². The van der Waals surface area contributed by atoms with Crippen LogP contribution in [0.15, 0.2) is 91.0 Å². The zero-order valence-corrected chi connectivity index (χ0v) is 26.9. The van der Waals surface area contributed by atoms with E-state index in [1.165, 1.54) is 13.2 Å². The van der Waals surface area contributed by atoms with Crippen LogP contribution in [0.4, 0.5) is 0 Å². The second-order valence-corrected chi connectivity index (χ2v) is 12.6. The monoisotopic (exact) mass is 632 g/mol. The number of ether oxygens (including phenoxy) is 1. The lowest BCUT2D eigenvalue weighted by Gasteiger charge is -2.29. The van der Waals surface area contributed by atoms with Gasteiger partial charge in [-0.05, 0) is 81.4 Å². The molecule has 0 atom stereocenters. The average molecular weight is 633 g/mol. The first-order valence-corrected chi connectivity index (χ1v) is 16.1. The predicted octanol–water partition coefficient (Wildman–Crippen LogP) is 6.45. The highest BCUT2D eigenvalue weighted by atomic mass is 32.1. The Hall–Kier alpha value is -4.99. The van der Waals surface area contributed by atoms with Gasteiger partial charge < -0.3 is 15.0 Å². The first-order valence-electron chi connectivity index (χ1n) is 15.3. The van der Waals surface area contributed by atoms with Crippen LogP contribution in [-0.2, 0) is 0 Å². The van der Waals surface area contributed by atoms with Crippen LogP contribution >= 0.6 is 11.3 Å². The summed E-state index contributed by atoms with van der Waals surface area (Å²) < 4.78 is 6.60. The van der Waals surface area contributed by atoms with Crippen LogP contribution in [0.25, 0.3) is 31.7 Å². The number of hydrogen-bond acceptors (Lipinski definition) is 6. The molecule has 0 bridgehead atoms. The van der Waals surface area contributed by atoms with E-state index in [1.54, 1.807) is 35.6 Å². The van der Waals surface area contributed by atoms with Gasteiger partial charge in [0.1, 0.15) is 5.75 Å². The maximum Gasteiger partial charge on any atom is 0.270 e. The number of thiophene rings is 1. The Labute approximate surface area is 272 Å². The minimum atomic E-state index is -0.534. The fourth-order valence-electron chi connectivity index (χ4n) is 5.85. The molecule has 0 aliphatic carbocycles. The van der Waals surface area contributed by atoms with Gasteiger partial charge in [0.25, 0.3) is 17.7 Å². The number of carbonyl (C=O) groups excluding carboxylic acids is 3.